The second kappa shape index (κ2) is 7.66. The number of non-ortho nitro benzene ring substituents is 1. The van der Waals surface area contributed by atoms with Gasteiger partial charge in [-0.3, -0.25) is 15.4 Å². The molecule has 26 heavy (non-hydrogen) atoms. The highest BCUT2D eigenvalue weighted by Crippen LogP contribution is 2.15. The number of thiocarbonyl (C=S) groups is 1. The van der Waals surface area contributed by atoms with Gasteiger partial charge in [0.1, 0.15) is 12.1 Å². The van der Waals surface area contributed by atoms with Gasteiger partial charge in [-0.25, -0.2) is 14.1 Å². The van der Waals surface area contributed by atoms with E-state index in [0.29, 0.717) is 11.3 Å². The molecule has 0 aliphatic heterocycles. The summed E-state index contributed by atoms with van der Waals surface area (Å²) in [4.78, 5) is 14.2. The SMILES string of the molecule is O=[N+]([O-])c1ccc(NC(=S)Nc2ncn(Cc3ccccc3F)n2)cc1. The minimum atomic E-state index is -0.480. The molecule has 2 aromatic carbocycles. The summed E-state index contributed by atoms with van der Waals surface area (Å²) in [5, 5.41) is 20.7. The predicted molar refractivity (Wildman–Crippen MR) is 98.5 cm³/mol. The molecular weight excluding hydrogens is 359 g/mol. The Morgan fingerprint density at radius 3 is 2.62 bits per heavy atom. The molecule has 0 aliphatic carbocycles. The zero-order chi connectivity index (χ0) is 18.5. The van der Waals surface area contributed by atoms with Gasteiger partial charge >= 0.3 is 0 Å². The number of halogens is 1. The average Bonchev–Trinajstić information content (AvgIpc) is 3.04. The number of aromatic nitrogens is 3. The number of rotatable bonds is 5. The van der Waals surface area contributed by atoms with Crippen LogP contribution in [0.5, 0.6) is 0 Å². The summed E-state index contributed by atoms with van der Waals surface area (Å²) < 4.78 is 15.1. The largest absolute Gasteiger partial charge is 0.332 e. The molecule has 0 saturated carbocycles. The summed E-state index contributed by atoms with van der Waals surface area (Å²) in [6.07, 6.45) is 1.46. The van der Waals surface area contributed by atoms with Crippen LogP contribution < -0.4 is 10.6 Å². The Morgan fingerprint density at radius 1 is 1.19 bits per heavy atom. The lowest BCUT2D eigenvalue weighted by Crippen LogP contribution is -2.20. The van der Waals surface area contributed by atoms with Crippen LogP contribution in [0.3, 0.4) is 0 Å². The molecule has 2 N–H and O–H groups in total. The van der Waals surface area contributed by atoms with Gasteiger partial charge in [0.15, 0.2) is 5.11 Å². The Kier molecular flexibility index (Phi) is 5.13. The summed E-state index contributed by atoms with van der Waals surface area (Å²) in [6, 6.07) is 12.2. The predicted octanol–water partition coefficient (Wildman–Crippen LogP) is 3.18. The first kappa shape index (κ1) is 17.4. The van der Waals surface area contributed by atoms with Crippen molar-refractivity contribution in [2.45, 2.75) is 6.54 Å². The second-order valence-electron chi connectivity index (χ2n) is 5.24. The third-order valence-electron chi connectivity index (χ3n) is 3.39. The fraction of sp³-hybridized carbons (Fsp3) is 0.0625. The Morgan fingerprint density at radius 2 is 1.92 bits per heavy atom. The highest BCUT2D eigenvalue weighted by molar-refractivity contribution is 7.80. The summed E-state index contributed by atoms with van der Waals surface area (Å²) in [5.41, 5.74) is 1.07. The van der Waals surface area contributed by atoms with E-state index in [1.807, 2.05) is 0 Å². The Balaban J connectivity index is 1.59. The Hall–Kier alpha value is -3.40. The molecule has 0 fully saturated rings. The van der Waals surface area contributed by atoms with Crippen molar-refractivity contribution in [1.82, 2.24) is 14.8 Å². The van der Waals surface area contributed by atoms with Crippen LogP contribution in [-0.4, -0.2) is 24.8 Å². The Labute approximate surface area is 152 Å². The molecule has 3 rings (SSSR count). The molecular formula is C16H13FN6O2S. The van der Waals surface area contributed by atoms with Gasteiger partial charge < -0.3 is 5.32 Å². The molecule has 1 heterocycles. The fourth-order valence-corrected chi connectivity index (χ4v) is 2.37. The number of nitro benzene ring substituents is 1. The molecule has 0 bridgehead atoms. The summed E-state index contributed by atoms with van der Waals surface area (Å²) >= 11 is 5.16. The van der Waals surface area contributed by atoms with Crippen LogP contribution in [0.4, 0.5) is 21.7 Å². The van der Waals surface area contributed by atoms with Gasteiger partial charge in [-0.05, 0) is 30.4 Å². The zero-order valence-electron chi connectivity index (χ0n) is 13.3. The monoisotopic (exact) mass is 372 g/mol. The number of hydrogen-bond donors (Lipinski definition) is 2. The summed E-state index contributed by atoms with van der Waals surface area (Å²) in [6.45, 7) is 0.240. The third kappa shape index (κ3) is 4.36. The molecule has 0 spiro atoms. The van der Waals surface area contributed by atoms with E-state index < -0.39 is 4.92 Å². The molecule has 0 unspecified atom stereocenters. The lowest BCUT2D eigenvalue weighted by Gasteiger charge is -2.07. The van der Waals surface area contributed by atoms with E-state index in [1.54, 1.807) is 18.2 Å². The number of nitro groups is 1. The quantitative estimate of drug-likeness (QED) is 0.403. The molecule has 0 saturated heterocycles. The molecule has 132 valence electrons. The third-order valence-corrected chi connectivity index (χ3v) is 3.59. The normalized spacial score (nSPS) is 10.3. The van der Waals surface area contributed by atoms with Crippen LogP contribution in [0.25, 0.3) is 0 Å². The van der Waals surface area contributed by atoms with Crippen molar-refractivity contribution >= 4 is 34.7 Å². The van der Waals surface area contributed by atoms with Gasteiger partial charge in [0.2, 0.25) is 5.95 Å². The van der Waals surface area contributed by atoms with Crippen LogP contribution in [0.2, 0.25) is 0 Å². The second-order valence-corrected chi connectivity index (χ2v) is 5.65. The topological polar surface area (TPSA) is 97.9 Å². The maximum Gasteiger partial charge on any atom is 0.269 e. The molecule has 3 aromatic rings. The van der Waals surface area contributed by atoms with Crippen molar-refractivity contribution in [2.75, 3.05) is 10.6 Å². The standard InChI is InChI=1S/C16H13FN6O2S/c17-14-4-2-1-3-11(14)9-22-10-18-15(21-22)20-16(26)19-12-5-7-13(8-6-12)23(24)25/h1-8,10H,9H2,(H2,19,20,21,26). The molecule has 8 nitrogen and oxygen atoms in total. The van der Waals surface area contributed by atoms with E-state index in [4.69, 9.17) is 12.2 Å². The Bertz CT molecular complexity index is 944. The molecule has 10 heteroatoms. The van der Waals surface area contributed by atoms with Crippen molar-refractivity contribution in [2.24, 2.45) is 0 Å². The van der Waals surface area contributed by atoms with E-state index in [2.05, 4.69) is 20.7 Å². The van der Waals surface area contributed by atoms with E-state index in [-0.39, 0.29) is 29.1 Å². The first-order chi connectivity index (χ1) is 12.5. The highest BCUT2D eigenvalue weighted by atomic mass is 32.1. The number of hydrogen-bond acceptors (Lipinski definition) is 5. The number of benzene rings is 2. The van der Waals surface area contributed by atoms with Gasteiger partial charge in [-0.1, -0.05) is 18.2 Å². The molecule has 0 radical (unpaired) electrons. The average molecular weight is 372 g/mol. The van der Waals surface area contributed by atoms with Gasteiger partial charge in [-0.15, -0.1) is 5.10 Å². The maximum atomic E-state index is 13.7. The van der Waals surface area contributed by atoms with E-state index in [1.165, 1.54) is 41.3 Å². The zero-order valence-corrected chi connectivity index (χ0v) is 14.1. The molecule has 1 aromatic heterocycles. The van der Waals surface area contributed by atoms with Crippen LogP contribution in [0, 0.1) is 15.9 Å². The lowest BCUT2D eigenvalue weighted by molar-refractivity contribution is -0.384. The van der Waals surface area contributed by atoms with Crippen molar-refractivity contribution in [3.8, 4) is 0 Å². The van der Waals surface area contributed by atoms with Crippen molar-refractivity contribution in [3.05, 3.63) is 76.4 Å². The minimum Gasteiger partial charge on any atom is -0.332 e. The van der Waals surface area contributed by atoms with Gasteiger partial charge in [0.05, 0.1) is 11.5 Å². The number of nitrogens with one attached hydrogen (secondary N) is 2. The minimum absolute atomic E-state index is 0.0111. The first-order valence-corrected chi connectivity index (χ1v) is 7.87. The number of nitrogens with zero attached hydrogens (tertiary/aromatic N) is 4. The highest BCUT2D eigenvalue weighted by Gasteiger charge is 2.08. The van der Waals surface area contributed by atoms with Crippen LogP contribution >= 0.6 is 12.2 Å². The fourth-order valence-electron chi connectivity index (χ4n) is 2.16. The molecule has 0 atom stereocenters. The van der Waals surface area contributed by atoms with Crippen LogP contribution in [0.15, 0.2) is 54.9 Å². The van der Waals surface area contributed by atoms with Crippen molar-refractivity contribution in [1.29, 1.82) is 0 Å². The van der Waals surface area contributed by atoms with Gasteiger partial charge in [0.25, 0.3) is 5.69 Å². The smallest absolute Gasteiger partial charge is 0.269 e. The lowest BCUT2D eigenvalue weighted by atomic mass is 10.2. The van der Waals surface area contributed by atoms with Gasteiger partial charge in [-0.2, -0.15) is 0 Å². The van der Waals surface area contributed by atoms with Crippen molar-refractivity contribution in [3.63, 3.8) is 0 Å². The summed E-state index contributed by atoms with van der Waals surface area (Å²) in [5.74, 6) is -0.0615. The van der Waals surface area contributed by atoms with E-state index in [0.717, 1.165) is 0 Å². The number of anilines is 2. The van der Waals surface area contributed by atoms with Crippen molar-refractivity contribution < 1.29 is 9.31 Å². The summed E-state index contributed by atoms with van der Waals surface area (Å²) in [7, 11) is 0. The first-order valence-electron chi connectivity index (χ1n) is 7.46. The van der Waals surface area contributed by atoms with Crippen LogP contribution in [0.1, 0.15) is 5.56 Å². The van der Waals surface area contributed by atoms with E-state index >= 15 is 0 Å². The maximum absolute atomic E-state index is 13.7. The van der Waals surface area contributed by atoms with Gasteiger partial charge in [0, 0.05) is 23.4 Å². The molecule has 0 aliphatic rings. The van der Waals surface area contributed by atoms with Crippen LogP contribution in [-0.2, 0) is 6.54 Å². The molecule has 0 amide bonds. The van der Waals surface area contributed by atoms with E-state index in [9.17, 15) is 14.5 Å².